The third-order valence-corrected chi connectivity index (χ3v) is 4.29. The Morgan fingerprint density at radius 2 is 2.26 bits per heavy atom. The molecule has 1 saturated heterocycles. The van der Waals surface area contributed by atoms with E-state index in [4.69, 9.17) is 9.47 Å². The number of carbonyl (C=O) groups is 1. The van der Waals surface area contributed by atoms with Gasteiger partial charge in [-0.05, 0) is 24.8 Å². The summed E-state index contributed by atoms with van der Waals surface area (Å²) in [7, 11) is 1.61. The molecule has 1 amide bonds. The monoisotopic (exact) mass is 281 g/mol. The summed E-state index contributed by atoms with van der Waals surface area (Å²) in [5, 5.41) is 0.570. The number of nitrogens with zero attached hydrogens (tertiary/aromatic N) is 1. The number of rotatable bonds is 5. The largest absolute Gasteiger partial charge is 0.497 e. The molecule has 0 unspecified atom stereocenters. The van der Waals surface area contributed by atoms with Crippen molar-refractivity contribution in [3.63, 3.8) is 0 Å². The van der Waals surface area contributed by atoms with Gasteiger partial charge in [0, 0.05) is 24.4 Å². The van der Waals surface area contributed by atoms with Crippen molar-refractivity contribution in [2.45, 2.75) is 11.7 Å². The van der Waals surface area contributed by atoms with Gasteiger partial charge in [-0.15, -0.1) is 0 Å². The van der Waals surface area contributed by atoms with Crippen LogP contribution in [0.5, 0.6) is 11.5 Å². The summed E-state index contributed by atoms with van der Waals surface area (Å²) in [5.74, 6) is 1.45. The molecule has 1 aliphatic rings. The van der Waals surface area contributed by atoms with Gasteiger partial charge in [-0.1, -0.05) is 6.07 Å². The third kappa shape index (κ3) is 3.80. The third-order valence-electron chi connectivity index (χ3n) is 3.23. The fraction of sp³-hybridized carbons (Fsp3) is 0.500. The van der Waals surface area contributed by atoms with Crippen LogP contribution in [0.2, 0.25) is 0 Å². The lowest BCUT2D eigenvalue weighted by Gasteiger charge is -2.16. The van der Waals surface area contributed by atoms with Crippen LogP contribution in [0, 0.1) is 0 Å². The molecule has 104 valence electrons. The van der Waals surface area contributed by atoms with Crippen molar-refractivity contribution < 1.29 is 14.3 Å². The fourth-order valence-corrected chi connectivity index (χ4v) is 2.74. The minimum absolute atomic E-state index is 0.0550. The second kappa shape index (κ2) is 6.70. The molecule has 1 atom stereocenters. The Morgan fingerprint density at radius 3 is 2.95 bits per heavy atom. The Hall–Kier alpha value is -1.36. The second-order valence-electron chi connectivity index (χ2n) is 4.45. The van der Waals surface area contributed by atoms with E-state index in [0.29, 0.717) is 11.0 Å². The smallest absolute Gasteiger partial charge is 0.260 e. The first-order valence-corrected chi connectivity index (χ1v) is 7.59. The normalized spacial score (nSPS) is 18.4. The van der Waals surface area contributed by atoms with Crippen LogP contribution in [-0.4, -0.2) is 49.1 Å². The van der Waals surface area contributed by atoms with Crippen molar-refractivity contribution in [2.24, 2.45) is 0 Å². The fourth-order valence-electron chi connectivity index (χ4n) is 2.07. The number of hydrogen-bond donors (Lipinski definition) is 0. The Bertz CT molecular complexity index is 438. The van der Waals surface area contributed by atoms with Gasteiger partial charge in [0.1, 0.15) is 11.5 Å². The number of thioether (sulfide) groups is 1. The van der Waals surface area contributed by atoms with E-state index in [1.54, 1.807) is 13.2 Å². The number of hydrogen-bond acceptors (Lipinski definition) is 4. The van der Waals surface area contributed by atoms with Crippen molar-refractivity contribution in [3.8, 4) is 11.5 Å². The van der Waals surface area contributed by atoms with E-state index in [1.165, 1.54) is 0 Å². The van der Waals surface area contributed by atoms with Gasteiger partial charge < -0.3 is 14.4 Å². The van der Waals surface area contributed by atoms with Crippen LogP contribution >= 0.6 is 11.8 Å². The van der Waals surface area contributed by atoms with Crippen LogP contribution in [-0.2, 0) is 4.79 Å². The molecule has 1 aliphatic heterocycles. The van der Waals surface area contributed by atoms with Crippen LogP contribution in [0.4, 0.5) is 0 Å². The highest BCUT2D eigenvalue weighted by atomic mass is 32.2. The molecular formula is C14H19NO3S. The molecule has 1 aromatic rings. The molecule has 4 nitrogen and oxygen atoms in total. The number of likely N-dealkylation sites (tertiary alicyclic amines) is 1. The van der Waals surface area contributed by atoms with Crippen LogP contribution in [0.3, 0.4) is 0 Å². The first-order chi connectivity index (χ1) is 9.22. The van der Waals surface area contributed by atoms with Gasteiger partial charge in [-0.2, -0.15) is 11.8 Å². The van der Waals surface area contributed by atoms with E-state index in [2.05, 4.69) is 6.26 Å². The molecule has 0 saturated carbocycles. The zero-order valence-electron chi connectivity index (χ0n) is 11.3. The number of benzene rings is 1. The van der Waals surface area contributed by atoms with Crippen molar-refractivity contribution in [3.05, 3.63) is 24.3 Å². The van der Waals surface area contributed by atoms with Crippen LogP contribution < -0.4 is 9.47 Å². The average Bonchev–Trinajstić information content (AvgIpc) is 2.94. The predicted octanol–water partition coefficient (Wildman–Crippen LogP) is 2.04. The standard InChI is InChI=1S/C14H19NO3S/c1-17-11-4-3-5-12(8-11)18-10-14(16)15-7-6-13(9-15)19-2/h3-5,8,13H,6-7,9-10H2,1-2H3/t13-/m0/s1. The number of methoxy groups -OCH3 is 1. The zero-order chi connectivity index (χ0) is 13.7. The molecule has 2 rings (SSSR count). The Morgan fingerprint density at radius 1 is 1.47 bits per heavy atom. The minimum atomic E-state index is 0.0550. The number of amides is 1. The highest BCUT2D eigenvalue weighted by molar-refractivity contribution is 7.99. The van der Waals surface area contributed by atoms with Crippen LogP contribution in [0.25, 0.3) is 0 Å². The summed E-state index contributed by atoms with van der Waals surface area (Å²) in [5.41, 5.74) is 0. The quantitative estimate of drug-likeness (QED) is 0.828. The Balaban J connectivity index is 1.83. The molecule has 1 fully saturated rings. The molecule has 0 N–H and O–H groups in total. The second-order valence-corrected chi connectivity index (χ2v) is 5.59. The van der Waals surface area contributed by atoms with E-state index in [0.717, 1.165) is 25.3 Å². The topological polar surface area (TPSA) is 38.8 Å². The van der Waals surface area contributed by atoms with Gasteiger partial charge in [0.2, 0.25) is 0 Å². The molecule has 0 bridgehead atoms. The summed E-state index contributed by atoms with van der Waals surface area (Å²) in [6.45, 7) is 1.77. The maximum absolute atomic E-state index is 12.0. The molecular weight excluding hydrogens is 262 g/mol. The number of ether oxygens (including phenoxy) is 2. The van der Waals surface area contributed by atoms with Gasteiger partial charge >= 0.3 is 0 Å². The van der Waals surface area contributed by atoms with E-state index in [-0.39, 0.29) is 12.5 Å². The summed E-state index contributed by atoms with van der Waals surface area (Å²) in [6.07, 6.45) is 3.16. The van der Waals surface area contributed by atoms with Gasteiger partial charge in [-0.25, -0.2) is 0 Å². The van der Waals surface area contributed by atoms with Crippen LogP contribution in [0.1, 0.15) is 6.42 Å². The minimum Gasteiger partial charge on any atom is -0.497 e. The molecule has 0 aliphatic carbocycles. The van der Waals surface area contributed by atoms with Crippen LogP contribution in [0.15, 0.2) is 24.3 Å². The van der Waals surface area contributed by atoms with Crippen molar-refractivity contribution >= 4 is 17.7 Å². The maximum atomic E-state index is 12.0. The highest BCUT2D eigenvalue weighted by Gasteiger charge is 2.25. The first kappa shape index (κ1) is 14.1. The lowest BCUT2D eigenvalue weighted by atomic mass is 10.3. The summed E-state index contributed by atoms with van der Waals surface area (Å²) in [4.78, 5) is 13.9. The van der Waals surface area contributed by atoms with Crippen molar-refractivity contribution in [2.75, 3.05) is 33.1 Å². The zero-order valence-corrected chi connectivity index (χ0v) is 12.1. The lowest BCUT2D eigenvalue weighted by molar-refractivity contribution is -0.132. The molecule has 0 aromatic heterocycles. The van der Waals surface area contributed by atoms with E-state index in [9.17, 15) is 4.79 Å². The summed E-state index contributed by atoms with van der Waals surface area (Å²) < 4.78 is 10.6. The molecule has 19 heavy (non-hydrogen) atoms. The van der Waals surface area contributed by atoms with E-state index < -0.39 is 0 Å². The maximum Gasteiger partial charge on any atom is 0.260 e. The van der Waals surface area contributed by atoms with Crippen molar-refractivity contribution in [1.82, 2.24) is 4.90 Å². The van der Waals surface area contributed by atoms with E-state index in [1.807, 2.05) is 34.9 Å². The van der Waals surface area contributed by atoms with Gasteiger partial charge in [0.15, 0.2) is 6.61 Å². The molecule has 1 heterocycles. The summed E-state index contributed by atoms with van der Waals surface area (Å²) >= 11 is 1.82. The molecule has 0 radical (unpaired) electrons. The average molecular weight is 281 g/mol. The molecule has 1 aromatic carbocycles. The number of carbonyl (C=O) groups excluding carboxylic acids is 1. The highest BCUT2D eigenvalue weighted by Crippen LogP contribution is 2.21. The first-order valence-electron chi connectivity index (χ1n) is 6.30. The Labute approximate surface area is 118 Å². The summed E-state index contributed by atoms with van der Waals surface area (Å²) in [6, 6.07) is 7.29. The van der Waals surface area contributed by atoms with Gasteiger partial charge in [-0.3, -0.25) is 4.79 Å². The van der Waals surface area contributed by atoms with Crippen molar-refractivity contribution in [1.29, 1.82) is 0 Å². The lowest BCUT2D eigenvalue weighted by Crippen LogP contribution is -2.33. The van der Waals surface area contributed by atoms with Gasteiger partial charge in [0.25, 0.3) is 5.91 Å². The molecule has 0 spiro atoms. The Kier molecular flexibility index (Phi) is 4.96. The SMILES string of the molecule is COc1cccc(OCC(=O)N2CC[C@H](SC)C2)c1. The molecule has 5 heteroatoms. The van der Waals surface area contributed by atoms with E-state index >= 15 is 0 Å². The van der Waals surface area contributed by atoms with Gasteiger partial charge in [0.05, 0.1) is 7.11 Å². The predicted molar refractivity (Wildman–Crippen MR) is 77.0 cm³/mol.